The Hall–Kier alpha value is -2.77. The number of hydrogen-bond acceptors (Lipinski definition) is 5. The van der Waals surface area contributed by atoms with E-state index in [0.717, 1.165) is 4.90 Å². The molecule has 1 fully saturated rings. The lowest BCUT2D eigenvalue weighted by Crippen LogP contribution is -2.27. The van der Waals surface area contributed by atoms with Crippen molar-refractivity contribution < 1.29 is 34.1 Å². The number of hydrogen-bond donors (Lipinski definition) is 2. The normalized spacial score (nSPS) is 17.5. The largest absolute Gasteiger partial charge is 0.493 e. The third-order valence-corrected chi connectivity index (χ3v) is 3.50. The number of nitrogens with zero attached hydrogens (tertiary/aromatic N) is 1. The minimum atomic E-state index is -1.25. The summed E-state index contributed by atoms with van der Waals surface area (Å²) < 4.78 is 10.2. The van der Waals surface area contributed by atoms with Crippen LogP contribution in [-0.4, -0.2) is 48.8 Å². The Balaban J connectivity index is 2.51. The van der Waals surface area contributed by atoms with E-state index in [4.69, 9.17) is 14.6 Å². The highest BCUT2D eigenvalue weighted by Crippen LogP contribution is 2.37. The minimum absolute atomic E-state index is 0.0794. The van der Waals surface area contributed by atoms with E-state index in [1.807, 2.05) is 0 Å². The zero-order valence-corrected chi connectivity index (χ0v) is 12.0. The van der Waals surface area contributed by atoms with Gasteiger partial charge in [-0.15, -0.1) is 0 Å². The summed E-state index contributed by atoms with van der Waals surface area (Å²) in [5.41, 5.74) is -0.0593. The molecule has 0 radical (unpaired) electrons. The fourth-order valence-electron chi connectivity index (χ4n) is 2.37. The smallest absolute Gasteiger partial charge is 0.337 e. The first-order valence-electron chi connectivity index (χ1n) is 6.41. The molecule has 1 atom stereocenters. The molecule has 0 aromatic heterocycles. The number of ether oxygens (including phenoxy) is 2. The molecule has 0 bridgehead atoms. The van der Waals surface area contributed by atoms with Crippen molar-refractivity contribution in [1.82, 2.24) is 0 Å². The molecule has 0 aliphatic carbocycles. The molecule has 1 aliphatic rings. The highest BCUT2D eigenvalue weighted by molar-refractivity contribution is 6.05. The Kier molecular flexibility index (Phi) is 4.20. The van der Waals surface area contributed by atoms with Gasteiger partial charge in [0.25, 0.3) is 0 Å². The van der Waals surface area contributed by atoms with Gasteiger partial charge in [0, 0.05) is 25.1 Å². The molecule has 1 saturated heterocycles. The number of carboxylic acid groups (broad SMARTS) is 2. The molecular formula is C14H15NO7. The summed E-state index contributed by atoms with van der Waals surface area (Å²) in [4.78, 5) is 35.6. The topological polar surface area (TPSA) is 113 Å². The second kappa shape index (κ2) is 5.92. The van der Waals surface area contributed by atoms with E-state index < -0.39 is 23.8 Å². The Morgan fingerprint density at radius 2 is 1.77 bits per heavy atom. The van der Waals surface area contributed by atoms with Crippen LogP contribution in [0.2, 0.25) is 0 Å². The molecule has 22 heavy (non-hydrogen) atoms. The molecule has 1 aromatic rings. The van der Waals surface area contributed by atoms with E-state index in [2.05, 4.69) is 0 Å². The molecule has 0 saturated carbocycles. The van der Waals surface area contributed by atoms with E-state index in [1.165, 1.54) is 26.4 Å². The van der Waals surface area contributed by atoms with Crippen LogP contribution in [-0.2, 0) is 9.59 Å². The highest BCUT2D eigenvalue weighted by atomic mass is 16.5. The summed E-state index contributed by atoms with van der Waals surface area (Å²) in [6.45, 7) is -0.0794. The van der Waals surface area contributed by atoms with Crippen LogP contribution < -0.4 is 14.4 Å². The van der Waals surface area contributed by atoms with Gasteiger partial charge in [-0.25, -0.2) is 4.79 Å². The van der Waals surface area contributed by atoms with Gasteiger partial charge in [0.05, 0.1) is 31.4 Å². The first kappa shape index (κ1) is 15.6. The standard InChI is InChI=1S/C14H15NO7/c1-21-10-4-8(14(19)20)9(5-11(10)22-2)15-6-7(13(17)18)3-12(15)16/h4-5,7H,3,6H2,1-2H3,(H,17,18)(H,19,20). The van der Waals surface area contributed by atoms with E-state index >= 15 is 0 Å². The zero-order chi connectivity index (χ0) is 16.4. The monoisotopic (exact) mass is 309 g/mol. The van der Waals surface area contributed by atoms with E-state index in [1.54, 1.807) is 0 Å². The van der Waals surface area contributed by atoms with E-state index in [9.17, 15) is 19.5 Å². The van der Waals surface area contributed by atoms with Gasteiger partial charge in [-0.2, -0.15) is 0 Å². The van der Waals surface area contributed by atoms with Crippen LogP contribution in [0.3, 0.4) is 0 Å². The van der Waals surface area contributed by atoms with Crippen LogP contribution in [0.1, 0.15) is 16.8 Å². The van der Waals surface area contributed by atoms with Crippen LogP contribution in [0.15, 0.2) is 12.1 Å². The predicted molar refractivity (Wildman–Crippen MR) is 74.6 cm³/mol. The van der Waals surface area contributed by atoms with Crippen LogP contribution in [0, 0.1) is 5.92 Å². The molecule has 118 valence electrons. The van der Waals surface area contributed by atoms with Crippen LogP contribution in [0.25, 0.3) is 0 Å². The number of rotatable bonds is 5. The minimum Gasteiger partial charge on any atom is -0.493 e. The summed E-state index contributed by atoms with van der Waals surface area (Å²) in [5.74, 6) is -3.17. The summed E-state index contributed by atoms with van der Waals surface area (Å²) in [5, 5.41) is 18.3. The summed E-state index contributed by atoms with van der Waals surface area (Å²) in [6, 6.07) is 2.61. The van der Waals surface area contributed by atoms with Crippen molar-refractivity contribution in [1.29, 1.82) is 0 Å². The third kappa shape index (κ3) is 2.67. The lowest BCUT2D eigenvalue weighted by molar-refractivity contribution is -0.141. The third-order valence-electron chi connectivity index (χ3n) is 3.50. The molecule has 1 amide bonds. The number of aliphatic carboxylic acids is 1. The quantitative estimate of drug-likeness (QED) is 0.828. The number of anilines is 1. The Morgan fingerprint density at radius 1 is 1.18 bits per heavy atom. The van der Waals surface area contributed by atoms with Gasteiger partial charge >= 0.3 is 11.9 Å². The Labute approximate surface area is 125 Å². The molecular weight excluding hydrogens is 294 g/mol. The van der Waals surface area contributed by atoms with Gasteiger partial charge in [-0.1, -0.05) is 0 Å². The summed E-state index contributed by atoms with van der Waals surface area (Å²) >= 11 is 0. The average molecular weight is 309 g/mol. The Bertz CT molecular complexity index is 640. The number of aromatic carboxylic acids is 1. The van der Waals surface area contributed by atoms with Crippen molar-refractivity contribution >= 4 is 23.5 Å². The van der Waals surface area contributed by atoms with Gasteiger partial charge in [-0.05, 0) is 0 Å². The SMILES string of the molecule is COc1cc(C(=O)O)c(N2CC(C(=O)O)CC2=O)cc1OC. The molecule has 2 rings (SSSR count). The molecule has 2 N–H and O–H groups in total. The first-order chi connectivity index (χ1) is 10.4. The maximum atomic E-state index is 12.0. The number of carbonyl (C=O) groups is 3. The highest BCUT2D eigenvalue weighted by Gasteiger charge is 2.37. The molecule has 0 spiro atoms. The maximum absolute atomic E-state index is 12.0. The van der Waals surface area contributed by atoms with Crippen LogP contribution in [0.4, 0.5) is 5.69 Å². The van der Waals surface area contributed by atoms with Crippen molar-refractivity contribution in [3.8, 4) is 11.5 Å². The van der Waals surface area contributed by atoms with Gasteiger partial charge in [0.2, 0.25) is 5.91 Å². The van der Waals surface area contributed by atoms with Crippen molar-refractivity contribution in [2.45, 2.75) is 6.42 Å². The molecule has 1 aliphatic heterocycles. The molecule has 1 unspecified atom stereocenters. The summed E-state index contributed by atoms with van der Waals surface area (Å²) in [6.07, 6.45) is -0.164. The zero-order valence-electron chi connectivity index (χ0n) is 12.0. The van der Waals surface area contributed by atoms with Crippen molar-refractivity contribution in [3.05, 3.63) is 17.7 Å². The fraction of sp³-hybridized carbons (Fsp3) is 0.357. The number of methoxy groups -OCH3 is 2. The fourth-order valence-corrected chi connectivity index (χ4v) is 2.37. The lowest BCUT2D eigenvalue weighted by Gasteiger charge is -2.20. The van der Waals surface area contributed by atoms with Crippen LogP contribution in [0.5, 0.6) is 11.5 Å². The number of amides is 1. The molecule has 1 aromatic carbocycles. The number of carbonyl (C=O) groups excluding carboxylic acids is 1. The van der Waals surface area contributed by atoms with Gasteiger partial charge in [0.15, 0.2) is 11.5 Å². The molecule has 8 heteroatoms. The number of carboxylic acids is 2. The van der Waals surface area contributed by atoms with E-state index in [-0.39, 0.29) is 35.7 Å². The van der Waals surface area contributed by atoms with Crippen molar-refractivity contribution in [2.24, 2.45) is 5.92 Å². The average Bonchev–Trinajstić information content (AvgIpc) is 2.87. The second-order valence-corrected chi connectivity index (χ2v) is 4.77. The molecule has 1 heterocycles. The second-order valence-electron chi connectivity index (χ2n) is 4.77. The Morgan fingerprint density at radius 3 is 2.23 bits per heavy atom. The van der Waals surface area contributed by atoms with Crippen molar-refractivity contribution in [2.75, 3.05) is 25.7 Å². The van der Waals surface area contributed by atoms with Gasteiger partial charge in [0.1, 0.15) is 0 Å². The van der Waals surface area contributed by atoms with Crippen LogP contribution >= 0.6 is 0 Å². The molecule has 8 nitrogen and oxygen atoms in total. The summed E-state index contributed by atoms with van der Waals surface area (Å²) in [7, 11) is 2.75. The van der Waals surface area contributed by atoms with Gasteiger partial charge in [-0.3, -0.25) is 9.59 Å². The van der Waals surface area contributed by atoms with Gasteiger partial charge < -0.3 is 24.6 Å². The first-order valence-corrected chi connectivity index (χ1v) is 6.41. The maximum Gasteiger partial charge on any atom is 0.337 e. The lowest BCUT2D eigenvalue weighted by atomic mass is 10.1. The number of benzene rings is 1. The van der Waals surface area contributed by atoms with E-state index in [0.29, 0.717) is 0 Å². The van der Waals surface area contributed by atoms with Crippen molar-refractivity contribution in [3.63, 3.8) is 0 Å². The predicted octanol–water partition coefficient (Wildman–Crippen LogP) is 0.839.